The van der Waals surface area contributed by atoms with Crippen molar-refractivity contribution in [1.82, 2.24) is 5.43 Å². The number of hydrogen-bond acceptors (Lipinski definition) is 4. The van der Waals surface area contributed by atoms with Crippen LogP contribution in [0.1, 0.15) is 48.5 Å². The quantitative estimate of drug-likeness (QED) is 0.561. The number of fused-ring (bicyclic) bond motifs is 1. The number of carbonyl (C=O) groups excluding carboxylic acids is 2. The van der Waals surface area contributed by atoms with Gasteiger partial charge in [0.2, 0.25) is 0 Å². The highest BCUT2D eigenvalue weighted by atomic mass is 16.5. The van der Waals surface area contributed by atoms with Crippen LogP contribution in [-0.2, 0) is 4.79 Å². The van der Waals surface area contributed by atoms with Crippen molar-refractivity contribution in [2.24, 2.45) is 5.10 Å². The van der Waals surface area contributed by atoms with E-state index in [0.717, 1.165) is 31.4 Å². The first-order valence-corrected chi connectivity index (χ1v) is 9.59. The number of rotatable bonds is 8. The van der Waals surface area contributed by atoms with Gasteiger partial charge in [0.1, 0.15) is 5.75 Å². The average molecular weight is 379 g/mol. The summed E-state index contributed by atoms with van der Waals surface area (Å²) >= 11 is 0. The van der Waals surface area contributed by atoms with Crippen LogP contribution in [0.5, 0.6) is 5.75 Å². The monoisotopic (exact) mass is 379 g/mol. The number of hydrogen-bond donors (Lipinski definition) is 1. The predicted octanol–water partition coefficient (Wildman–Crippen LogP) is 3.76. The molecule has 1 aliphatic heterocycles. The van der Waals surface area contributed by atoms with Crippen LogP contribution in [0.2, 0.25) is 0 Å². The van der Waals surface area contributed by atoms with Gasteiger partial charge >= 0.3 is 0 Å². The summed E-state index contributed by atoms with van der Waals surface area (Å²) in [6.07, 6.45) is 4.28. The summed E-state index contributed by atoms with van der Waals surface area (Å²) in [7, 11) is 1.58. The van der Waals surface area contributed by atoms with E-state index in [9.17, 15) is 9.59 Å². The number of unbranched alkanes of at least 4 members (excludes halogenated alkanes) is 3. The maximum Gasteiger partial charge on any atom is 0.279 e. The fourth-order valence-electron chi connectivity index (χ4n) is 3.21. The van der Waals surface area contributed by atoms with Gasteiger partial charge in [-0.15, -0.1) is 0 Å². The van der Waals surface area contributed by atoms with Crippen LogP contribution in [0.25, 0.3) is 0 Å². The molecular weight excluding hydrogens is 354 g/mol. The average Bonchev–Trinajstić information content (AvgIpc) is 3.00. The van der Waals surface area contributed by atoms with Gasteiger partial charge in [0.05, 0.1) is 12.8 Å². The van der Waals surface area contributed by atoms with Crippen LogP contribution in [0.3, 0.4) is 0 Å². The topological polar surface area (TPSA) is 71.0 Å². The molecule has 3 rings (SSSR count). The van der Waals surface area contributed by atoms with Gasteiger partial charge in [-0.05, 0) is 36.8 Å². The Kier molecular flexibility index (Phi) is 6.42. The third-order valence-electron chi connectivity index (χ3n) is 4.74. The van der Waals surface area contributed by atoms with Crippen molar-refractivity contribution in [2.45, 2.75) is 32.6 Å². The first kappa shape index (κ1) is 19.6. The largest absolute Gasteiger partial charge is 0.497 e. The molecule has 0 radical (unpaired) electrons. The van der Waals surface area contributed by atoms with Crippen molar-refractivity contribution in [3.8, 4) is 5.75 Å². The van der Waals surface area contributed by atoms with E-state index in [-0.39, 0.29) is 17.5 Å². The molecule has 0 aliphatic carbocycles. The molecule has 0 unspecified atom stereocenters. The van der Waals surface area contributed by atoms with Gasteiger partial charge in [0.25, 0.3) is 11.8 Å². The smallest absolute Gasteiger partial charge is 0.279 e. The zero-order valence-electron chi connectivity index (χ0n) is 16.3. The lowest BCUT2D eigenvalue weighted by molar-refractivity contribution is -0.112. The van der Waals surface area contributed by atoms with E-state index in [2.05, 4.69) is 17.5 Å². The summed E-state index contributed by atoms with van der Waals surface area (Å²) in [5.41, 5.74) is 4.70. The number of benzene rings is 2. The zero-order chi connectivity index (χ0) is 19.9. The molecule has 2 aromatic carbocycles. The Hall–Kier alpha value is -3.15. The summed E-state index contributed by atoms with van der Waals surface area (Å²) in [6.45, 7) is 2.78. The third-order valence-corrected chi connectivity index (χ3v) is 4.74. The highest BCUT2D eigenvalue weighted by molar-refractivity contribution is 6.54. The molecule has 0 atom stereocenters. The number of methoxy groups -OCH3 is 1. The van der Waals surface area contributed by atoms with Gasteiger partial charge in [-0.3, -0.25) is 9.59 Å². The Bertz CT molecular complexity index is 878. The molecule has 6 heteroatoms. The lowest BCUT2D eigenvalue weighted by atomic mass is 10.1. The summed E-state index contributed by atoms with van der Waals surface area (Å²) in [5.74, 6) is 0.0846. The van der Waals surface area contributed by atoms with Crippen molar-refractivity contribution in [3.63, 3.8) is 0 Å². The molecule has 2 aromatic rings. The first-order chi connectivity index (χ1) is 13.7. The summed E-state index contributed by atoms with van der Waals surface area (Å²) in [5, 5.41) is 4.16. The number of nitrogens with zero attached hydrogens (tertiary/aromatic N) is 2. The molecule has 0 fully saturated rings. The van der Waals surface area contributed by atoms with Crippen LogP contribution in [0, 0.1) is 0 Å². The number of hydrazone groups is 1. The lowest BCUT2D eigenvalue weighted by Crippen LogP contribution is -2.32. The molecule has 2 amide bonds. The van der Waals surface area contributed by atoms with Crippen molar-refractivity contribution < 1.29 is 14.3 Å². The van der Waals surface area contributed by atoms with Crippen LogP contribution < -0.4 is 15.1 Å². The van der Waals surface area contributed by atoms with Gasteiger partial charge in [0.15, 0.2) is 5.71 Å². The van der Waals surface area contributed by atoms with E-state index in [1.54, 1.807) is 42.3 Å². The first-order valence-electron chi connectivity index (χ1n) is 9.59. The second-order valence-corrected chi connectivity index (χ2v) is 6.67. The minimum absolute atomic E-state index is 0.201. The molecular formula is C22H25N3O3. The highest BCUT2D eigenvalue weighted by Crippen LogP contribution is 2.32. The fourth-order valence-corrected chi connectivity index (χ4v) is 3.21. The lowest BCUT2D eigenvalue weighted by Gasteiger charge is -2.16. The maximum absolute atomic E-state index is 13.0. The van der Waals surface area contributed by atoms with Crippen molar-refractivity contribution in [2.75, 3.05) is 18.6 Å². The molecule has 0 spiro atoms. The van der Waals surface area contributed by atoms with Gasteiger partial charge in [0, 0.05) is 17.7 Å². The van der Waals surface area contributed by atoms with Crippen LogP contribution in [0.15, 0.2) is 53.6 Å². The van der Waals surface area contributed by atoms with Crippen LogP contribution >= 0.6 is 0 Å². The molecule has 0 saturated heterocycles. The van der Waals surface area contributed by atoms with Crippen LogP contribution in [-0.4, -0.2) is 31.2 Å². The minimum atomic E-state index is -0.355. The normalized spacial score (nSPS) is 14.3. The van der Waals surface area contributed by atoms with Gasteiger partial charge < -0.3 is 9.64 Å². The van der Waals surface area contributed by atoms with E-state index in [4.69, 9.17) is 4.74 Å². The van der Waals surface area contributed by atoms with E-state index in [1.807, 2.05) is 18.2 Å². The SMILES string of the molecule is CCCCCCN1C(=O)C(=NNC(=O)c2ccccc2)c2cc(OC)ccc21. The standard InChI is InChI=1S/C22H25N3O3/c1-3-4-5-9-14-25-19-13-12-17(28-2)15-18(19)20(22(25)27)23-24-21(26)16-10-7-6-8-11-16/h6-8,10-13,15H,3-5,9,14H2,1-2H3,(H,24,26). The molecule has 0 aromatic heterocycles. The number of anilines is 1. The summed E-state index contributed by atoms with van der Waals surface area (Å²) in [6, 6.07) is 14.3. The molecule has 1 aliphatic rings. The highest BCUT2D eigenvalue weighted by Gasteiger charge is 2.34. The van der Waals surface area contributed by atoms with Crippen molar-refractivity contribution in [1.29, 1.82) is 0 Å². The molecule has 6 nitrogen and oxygen atoms in total. The van der Waals surface area contributed by atoms with Crippen molar-refractivity contribution in [3.05, 3.63) is 59.7 Å². The number of nitrogens with one attached hydrogen (secondary N) is 1. The Morgan fingerprint density at radius 3 is 2.61 bits per heavy atom. The van der Waals surface area contributed by atoms with Crippen LogP contribution in [0.4, 0.5) is 5.69 Å². The van der Waals surface area contributed by atoms with E-state index in [0.29, 0.717) is 23.4 Å². The minimum Gasteiger partial charge on any atom is -0.497 e. The summed E-state index contributed by atoms with van der Waals surface area (Å²) < 4.78 is 5.29. The number of amides is 2. The molecule has 1 heterocycles. The molecule has 1 N–H and O–H groups in total. The maximum atomic E-state index is 13.0. The number of ether oxygens (including phenoxy) is 1. The van der Waals surface area contributed by atoms with Gasteiger partial charge in [-0.1, -0.05) is 44.4 Å². The van der Waals surface area contributed by atoms with E-state index < -0.39 is 0 Å². The Morgan fingerprint density at radius 1 is 1.11 bits per heavy atom. The van der Waals surface area contributed by atoms with Gasteiger partial charge in [-0.2, -0.15) is 5.10 Å². The van der Waals surface area contributed by atoms with E-state index >= 15 is 0 Å². The Morgan fingerprint density at radius 2 is 1.89 bits per heavy atom. The molecule has 0 bridgehead atoms. The Balaban J connectivity index is 1.84. The number of carbonyl (C=O) groups is 2. The van der Waals surface area contributed by atoms with Crippen molar-refractivity contribution >= 4 is 23.2 Å². The molecule has 28 heavy (non-hydrogen) atoms. The second kappa shape index (κ2) is 9.17. The summed E-state index contributed by atoms with van der Waals surface area (Å²) in [4.78, 5) is 27.0. The second-order valence-electron chi connectivity index (χ2n) is 6.67. The van der Waals surface area contributed by atoms with E-state index in [1.165, 1.54) is 0 Å². The predicted molar refractivity (Wildman–Crippen MR) is 110 cm³/mol. The molecule has 0 saturated carbocycles. The Labute approximate surface area is 165 Å². The van der Waals surface area contributed by atoms with Gasteiger partial charge in [-0.25, -0.2) is 5.43 Å². The zero-order valence-corrected chi connectivity index (χ0v) is 16.3. The molecule has 146 valence electrons. The fraction of sp³-hybridized carbons (Fsp3) is 0.318. The third kappa shape index (κ3) is 4.22.